The summed E-state index contributed by atoms with van der Waals surface area (Å²) in [5, 5.41) is 0. The van der Waals surface area contributed by atoms with Crippen LogP contribution >= 0.6 is 22.6 Å². The van der Waals surface area contributed by atoms with Crippen LogP contribution in [0.15, 0.2) is 18.2 Å². The molecular formula is C12H16IN3O. The second kappa shape index (κ2) is 5.22. The summed E-state index contributed by atoms with van der Waals surface area (Å²) in [6.07, 6.45) is 0. The lowest BCUT2D eigenvalue weighted by molar-refractivity contribution is 0.120. The molecule has 2 N–H and O–H groups in total. The molecule has 4 nitrogen and oxygen atoms in total. The number of nitrogen functional groups attached to an aromatic ring is 1. The summed E-state index contributed by atoms with van der Waals surface area (Å²) in [7, 11) is 0. The molecule has 1 heterocycles. The smallest absolute Gasteiger partial charge is 0.201 e. The van der Waals surface area contributed by atoms with Crippen molar-refractivity contribution >= 4 is 39.6 Å². The van der Waals surface area contributed by atoms with Crippen LogP contribution in [0.2, 0.25) is 0 Å². The fourth-order valence-electron chi connectivity index (χ4n) is 1.92. The molecule has 0 saturated heterocycles. The Morgan fingerprint density at radius 1 is 1.53 bits per heavy atom. The van der Waals surface area contributed by atoms with Crippen molar-refractivity contribution in [1.82, 2.24) is 9.55 Å². The maximum atomic E-state index is 5.97. The monoisotopic (exact) mass is 345 g/mol. The Balaban J connectivity index is 2.42. The van der Waals surface area contributed by atoms with E-state index in [9.17, 15) is 0 Å². The number of imidazole rings is 1. The third-order valence-corrected chi connectivity index (χ3v) is 3.35. The second-order valence-electron chi connectivity index (χ2n) is 3.98. The van der Waals surface area contributed by atoms with Gasteiger partial charge < -0.3 is 15.0 Å². The van der Waals surface area contributed by atoms with Crippen LogP contribution in [0.3, 0.4) is 0 Å². The first kappa shape index (κ1) is 12.6. The van der Waals surface area contributed by atoms with Crippen molar-refractivity contribution in [3.63, 3.8) is 0 Å². The van der Waals surface area contributed by atoms with Crippen molar-refractivity contribution in [3.05, 3.63) is 21.8 Å². The molecule has 0 fully saturated rings. The molecule has 5 heteroatoms. The summed E-state index contributed by atoms with van der Waals surface area (Å²) >= 11 is 2.27. The van der Waals surface area contributed by atoms with Crippen LogP contribution in [0.1, 0.15) is 19.9 Å². The number of halogens is 1. The van der Waals surface area contributed by atoms with Gasteiger partial charge in [0.05, 0.1) is 23.7 Å². The topological polar surface area (TPSA) is 53.1 Å². The molecule has 1 aromatic carbocycles. The Bertz CT molecular complexity index is 524. The molecule has 1 atom stereocenters. The number of nitrogens with two attached hydrogens (primary N) is 1. The largest absolute Gasteiger partial charge is 0.380 e. The van der Waals surface area contributed by atoms with Crippen molar-refractivity contribution in [1.29, 1.82) is 0 Å². The predicted molar refractivity (Wildman–Crippen MR) is 78.1 cm³/mol. The van der Waals surface area contributed by atoms with Gasteiger partial charge in [-0.1, -0.05) is 0 Å². The van der Waals surface area contributed by atoms with E-state index >= 15 is 0 Å². The Morgan fingerprint density at radius 2 is 2.29 bits per heavy atom. The van der Waals surface area contributed by atoms with E-state index < -0.39 is 0 Å². The van der Waals surface area contributed by atoms with Gasteiger partial charge in [0.2, 0.25) is 5.95 Å². The van der Waals surface area contributed by atoms with E-state index in [1.54, 1.807) is 0 Å². The van der Waals surface area contributed by atoms with Crippen molar-refractivity contribution in [2.24, 2.45) is 0 Å². The minimum atomic E-state index is 0.194. The van der Waals surface area contributed by atoms with E-state index in [4.69, 9.17) is 10.5 Å². The molecule has 0 amide bonds. The van der Waals surface area contributed by atoms with Gasteiger partial charge in [-0.25, -0.2) is 4.98 Å². The van der Waals surface area contributed by atoms with E-state index in [0.717, 1.165) is 21.2 Å². The van der Waals surface area contributed by atoms with Crippen LogP contribution < -0.4 is 5.73 Å². The van der Waals surface area contributed by atoms with Gasteiger partial charge in [-0.15, -0.1) is 0 Å². The molecule has 2 aromatic rings. The molecule has 0 bridgehead atoms. The van der Waals surface area contributed by atoms with Gasteiger partial charge in [0.25, 0.3) is 0 Å². The highest BCUT2D eigenvalue weighted by Crippen LogP contribution is 2.24. The number of aromatic nitrogens is 2. The molecular weight excluding hydrogens is 329 g/mol. The highest BCUT2D eigenvalue weighted by atomic mass is 127. The molecule has 1 aromatic heterocycles. The zero-order valence-corrected chi connectivity index (χ0v) is 12.1. The summed E-state index contributed by atoms with van der Waals surface area (Å²) in [6, 6.07) is 6.35. The van der Waals surface area contributed by atoms with Gasteiger partial charge in [0.1, 0.15) is 0 Å². The van der Waals surface area contributed by atoms with E-state index in [0.29, 0.717) is 12.6 Å². The molecule has 2 rings (SSSR count). The quantitative estimate of drug-likeness (QED) is 0.867. The normalized spacial score (nSPS) is 13.1. The van der Waals surface area contributed by atoms with Crippen LogP contribution in [0, 0.1) is 3.57 Å². The van der Waals surface area contributed by atoms with Crippen LogP contribution in [0.25, 0.3) is 11.0 Å². The molecule has 0 aliphatic heterocycles. The molecule has 0 aliphatic carbocycles. The standard InChI is InChI=1S/C12H16IN3O/c1-3-17-7-8(2)16-11-5-4-9(13)6-10(11)15-12(16)14/h4-6,8H,3,7H2,1-2H3,(H2,14,15). The van der Waals surface area contributed by atoms with E-state index in [1.165, 1.54) is 0 Å². The van der Waals surface area contributed by atoms with E-state index in [1.807, 2.05) is 17.6 Å². The molecule has 0 spiro atoms. The number of rotatable bonds is 4. The van der Waals surface area contributed by atoms with Crippen LogP contribution in [0.5, 0.6) is 0 Å². The predicted octanol–water partition coefficient (Wildman–Crippen LogP) is 2.82. The number of anilines is 1. The zero-order valence-electron chi connectivity index (χ0n) is 9.98. The minimum absolute atomic E-state index is 0.194. The highest BCUT2D eigenvalue weighted by Gasteiger charge is 2.13. The first-order valence-electron chi connectivity index (χ1n) is 5.64. The van der Waals surface area contributed by atoms with Gasteiger partial charge in [0.15, 0.2) is 0 Å². The van der Waals surface area contributed by atoms with Gasteiger partial charge in [0, 0.05) is 10.2 Å². The summed E-state index contributed by atoms with van der Waals surface area (Å²) in [4.78, 5) is 4.38. The molecule has 0 saturated carbocycles. The van der Waals surface area contributed by atoms with Gasteiger partial charge in [-0.2, -0.15) is 0 Å². The lowest BCUT2D eigenvalue weighted by Gasteiger charge is -2.15. The maximum Gasteiger partial charge on any atom is 0.201 e. The van der Waals surface area contributed by atoms with Crippen LogP contribution in [0.4, 0.5) is 5.95 Å². The molecule has 0 radical (unpaired) electrons. The molecule has 0 aliphatic rings. The average molecular weight is 345 g/mol. The number of ether oxygens (including phenoxy) is 1. The van der Waals surface area contributed by atoms with Gasteiger partial charge in [-0.3, -0.25) is 0 Å². The Hall–Kier alpha value is -0.820. The third-order valence-electron chi connectivity index (χ3n) is 2.68. The average Bonchev–Trinajstić information content (AvgIpc) is 2.61. The van der Waals surface area contributed by atoms with Crippen LogP contribution in [-0.4, -0.2) is 22.8 Å². The van der Waals surface area contributed by atoms with Crippen molar-refractivity contribution in [2.75, 3.05) is 18.9 Å². The Morgan fingerprint density at radius 3 is 3.00 bits per heavy atom. The second-order valence-corrected chi connectivity index (χ2v) is 5.23. The van der Waals surface area contributed by atoms with E-state index in [-0.39, 0.29) is 6.04 Å². The number of nitrogens with zero attached hydrogens (tertiary/aromatic N) is 2. The van der Waals surface area contributed by atoms with Crippen molar-refractivity contribution in [3.8, 4) is 0 Å². The van der Waals surface area contributed by atoms with Crippen molar-refractivity contribution in [2.45, 2.75) is 19.9 Å². The molecule has 1 unspecified atom stereocenters. The number of hydrogen-bond acceptors (Lipinski definition) is 3. The first-order chi connectivity index (χ1) is 8.13. The molecule has 17 heavy (non-hydrogen) atoms. The van der Waals surface area contributed by atoms with Crippen molar-refractivity contribution < 1.29 is 4.74 Å². The third kappa shape index (κ3) is 2.55. The number of benzene rings is 1. The van der Waals surface area contributed by atoms with Gasteiger partial charge in [-0.05, 0) is 54.6 Å². The first-order valence-corrected chi connectivity index (χ1v) is 6.72. The van der Waals surface area contributed by atoms with E-state index in [2.05, 4.69) is 46.6 Å². The summed E-state index contributed by atoms with van der Waals surface area (Å²) in [5.74, 6) is 0.550. The Labute approximate surface area is 114 Å². The number of hydrogen-bond donors (Lipinski definition) is 1. The lowest BCUT2D eigenvalue weighted by atomic mass is 10.3. The maximum absolute atomic E-state index is 5.97. The molecule has 92 valence electrons. The van der Waals surface area contributed by atoms with Gasteiger partial charge >= 0.3 is 0 Å². The number of fused-ring (bicyclic) bond motifs is 1. The Kier molecular flexibility index (Phi) is 3.88. The SMILES string of the molecule is CCOCC(C)n1c(N)nc2cc(I)ccc21. The summed E-state index contributed by atoms with van der Waals surface area (Å²) in [5.41, 5.74) is 7.98. The summed E-state index contributed by atoms with van der Waals surface area (Å²) < 4.78 is 8.63. The zero-order chi connectivity index (χ0) is 12.4. The summed E-state index contributed by atoms with van der Waals surface area (Å²) in [6.45, 7) is 5.45. The van der Waals surface area contributed by atoms with Crippen LogP contribution in [-0.2, 0) is 4.74 Å². The fourth-order valence-corrected chi connectivity index (χ4v) is 2.39. The highest BCUT2D eigenvalue weighted by molar-refractivity contribution is 14.1. The lowest BCUT2D eigenvalue weighted by Crippen LogP contribution is -2.14. The minimum Gasteiger partial charge on any atom is -0.380 e. The fraction of sp³-hybridized carbons (Fsp3) is 0.417.